The molecule has 0 spiro atoms. The lowest BCUT2D eigenvalue weighted by molar-refractivity contribution is 0.0994. The van der Waals surface area contributed by atoms with Crippen LogP contribution in [0.3, 0.4) is 0 Å². The molecular formula is C19H31NO. The van der Waals surface area contributed by atoms with Crippen LogP contribution in [0.25, 0.3) is 0 Å². The first-order chi connectivity index (χ1) is 10.0. The topological polar surface area (TPSA) is 23.5 Å². The van der Waals surface area contributed by atoms with Crippen LogP contribution in [0, 0.1) is 12.8 Å². The van der Waals surface area contributed by atoms with Crippen LogP contribution in [-0.2, 0) is 6.54 Å². The van der Waals surface area contributed by atoms with Crippen LogP contribution >= 0.6 is 0 Å². The van der Waals surface area contributed by atoms with Gasteiger partial charge in [0.25, 0.3) is 0 Å². The molecule has 0 bridgehead atoms. The third-order valence-corrected chi connectivity index (χ3v) is 3.68. The monoisotopic (exact) mass is 289 g/mol. The Morgan fingerprint density at radius 3 is 2.67 bits per heavy atom. The van der Waals surface area contributed by atoms with Crippen molar-refractivity contribution in [2.75, 3.05) is 13.1 Å². The van der Waals surface area contributed by atoms with Gasteiger partial charge in [0.05, 0.1) is 6.10 Å². The summed E-state index contributed by atoms with van der Waals surface area (Å²) < 4.78 is 0. The normalized spacial score (nSPS) is 12.9. The Labute approximate surface area is 130 Å². The highest BCUT2D eigenvalue weighted by molar-refractivity contribution is 5.22. The van der Waals surface area contributed by atoms with Gasteiger partial charge in [0.15, 0.2) is 0 Å². The second kappa shape index (κ2) is 9.75. The molecule has 0 radical (unpaired) electrons. The van der Waals surface area contributed by atoms with E-state index in [9.17, 15) is 5.11 Å². The van der Waals surface area contributed by atoms with Gasteiger partial charge in [-0.25, -0.2) is 0 Å². The van der Waals surface area contributed by atoms with E-state index in [0.717, 1.165) is 32.5 Å². The van der Waals surface area contributed by atoms with Gasteiger partial charge in [0.2, 0.25) is 0 Å². The van der Waals surface area contributed by atoms with E-state index in [4.69, 9.17) is 0 Å². The van der Waals surface area contributed by atoms with Crippen molar-refractivity contribution in [1.29, 1.82) is 0 Å². The molecule has 1 aromatic carbocycles. The van der Waals surface area contributed by atoms with Crippen molar-refractivity contribution in [3.8, 4) is 0 Å². The highest BCUT2D eigenvalue weighted by Gasteiger charge is 2.12. The first kappa shape index (κ1) is 17.9. The number of hydrogen-bond donors (Lipinski definition) is 1. The summed E-state index contributed by atoms with van der Waals surface area (Å²) in [6.45, 7) is 13.0. The SMILES string of the molecule is C=CCC[C@@H](O)CN(CCC(C)C)Cc1cccc(C)c1. The molecule has 0 heterocycles. The number of hydrogen-bond acceptors (Lipinski definition) is 2. The zero-order chi connectivity index (χ0) is 15.7. The molecule has 2 heteroatoms. The lowest BCUT2D eigenvalue weighted by Crippen LogP contribution is -2.33. The van der Waals surface area contributed by atoms with Crippen LogP contribution in [0.1, 0.15) is 44.2 Å². The minimum absolute atomic E-state index is 0.264. The standard InChI is InChI=1S/C19H31NO/c1-5-6-10-19(21)15-20(12-11-16(2)3)14-18-9-7-8-17(4)13-18/h5,7-9,13,16,19,21H,1,6,10-12,14-15H2,2-4H3/t19-/m1/s1. The van der Waals surface area contributed by atoms with E-state index in [2.05, 4.69) is 56.5 Å². The second-order valence-corrected chi connectivity index (χ2v) is 6.43. The van der Waals surface area contributed by atoms with Crippen LogP contribution in [0.15, 0.2) is 36.9 Å². The Kier molecular flexibility index (Phi) is 8.33. The van der Waals surface area contributed by atoms with E-state index < -0.39 is 0 Å². The summed E-state index contributed by atoms with van der Waals surface area (Å²) in [5.74, 6) is 0.690. The quantitative estimate of drug-likeness (QED) is 0.653. The zero-order valence-electron chi connectivity index (χ0n) is 13.9. The first-order valence-electron chi connectivity index (χ1n) is 8.08. The summed E-state index contributed by atoms with van der Waals surface area (Å²) in [5.41, 5.74) is 2.62. The molecule has 118 valence electrons. The third-order valence-electron chi connectivity index (χ3n) is 3.68. The zero-order valence-corrected chi connectivity index (χ0v) is 13.9. The lowest BCUT2D eigenvalue weighted by Gasteiger charge is -2.26. The number of nitrogens with zero attached hydrogens (tertiary/aromatic N) is 1. The fourth-order valence-electron chi connectivity index (χ4n) is 2.44. The smallest absolute Gasteiger partial charge is 0.0670 e. The van der Waals surface area contributed by atoms with Gasteiger partial charge in [0, 0.05) is 13.1 Å². The molecule has 0 fully saturated rings. The Hall–Kier alpha value is -1.12. The van der Waals surface area contributed by atoms with E-state index >= 15 is 0 Å². The van der Waals surface area contributed by atoms with Gasteiger partial charge in [-0.2, -0.15) is 0 Å². The summed E-state index contributed by atoms with van der Waals surface area (Å²) in [6.07, 6.45) is 4.46. The van der Waals surface area contributed by atoms with Gasteiger partial charge in [-0.05, 0) is 44.2 Å². The van der Waals surface area contributed by atoms with Crippen molar-refractivity contribution in [3.05, 3.63) is 48.0 Å². The summed E-state index contributed by atoms with van der Waals surface area (Å²) in [4.78, 5) is 2.38. The van der Waals surface area contributed by atoms with Crippen LogP contribution in [-0.4, -0.2) is 29.2 Å². The molecule has 0 aliphatic rings. The first-order valence-corrected chi connectivity index (χ1v) is 8.08. The van der Waals surface area contributed by atoms with E-state index in [1.165, 1.54) is 17.5 Å². The summed E-state index contributed by atoms with van der Waals surface area (Å²) in [7, 11) is 0. The number of rotatable bonds is 10. The highest BCUT2D eigenvalue weighted by atomic mass is 16.3. The van der Waals surface area contributed by atoms with Crippen LogP contribution in [0.4, 0.5) is 0 Å². The molecule has 0 amide bonds. The van der Waals surface area contributed by atoms with Gasteiger partial charge >= 0.3 is 0 Å². The van der Waals surface area contributed by atoms with Gasteiger partial charge in [0.1, 0.15) is 0 Å². The van der Waals surface area contributed by atoms with E-state index in [1.807, 2.05) is 6.08 Å². The molecule has 1 aromatic rings. The molecule has 0 saturated heterocycles. The van der Waals surface area contributed by atoms with Crippen LogP contribution in [0.5, 0.6) is 0 Å². The predicted molar refractivity (Wildman–Crippen MR) is 91.3 cm³/mol. The minimum Gasteiger partial charge on any atom is -0.392 e. The molecule has 0 aliphatic heterocycles. The Morgan fingerprint density at radius 2 is 2.05 bits per heavy atom. The fraction of sp³-hybridized carbons (Fsp3) is 0.579. The maximum atomic E-state index is 10.2. The Bertz CT molecular complexity index is 414. The van der Waals surface area contributed by atoms with Crippen molar-refractivity contribution in [2.45, 2.75) is 52.7 Å². The van der Waals surface area contributed by atoms with Crippen molar-refractivity contribution < 1.29 is 5.11 Å². The summed E-state index contributed by atoms with van der Waals surface area (Å²) >= 11 is 0. The predicted octanol–water partition coefficient (Wildman–Crippen LogP) is 4.17. The van der Waals surface area contributed by atoms with Crippen molar-refractivity contribution in [2.24, 2.45) is 5.92 Å². The van der Waals surface area contributed by atoms with Gasteiger partial charge < -0.3 is 5.11 Å². The molecule has 0 unspecified atom stereocenters. The van der Waals surface area contributed by atoms with Gasteiger partial charge in [-0.15, -0.1) is 6.58 Å². The number of aryl methyl sites for hydroxylation is 1. The average molecular weight is 289 g/mol. The largest absolute Gasteiger partial charge is 0.392 e. The maximum Gasteiger partial charge on any atom is 0.0670 e. The number of allylic oxidation sites excluding steroid dienone is 1. The van der Waals surface area contributed by atoms with E-state index in [-0.39, 0.29) is 6.10 Å². The highest BCUT2D eigenvalue weighted by Crippen LogP contribution is 2.12. The molecule has 2 nitrogen and oxygen atoms in total. The molecule has 1 N–H and O–H groups in total. The third kappa shape index (κ3) is 8.03. The Balaban J connectivity index is 2.60. The molecular weight excluding hydrogens is 258 g/mol. The number of aliphatic hydroxyl groups is 1. The molecule has 0 aliphatic carbocycles. The number of aliphatic hydroxyl groups excluding tert-OH is 1. The van der Waals surface area contributed by atoms with Gasteiger partial charge in [-0.3, -0.25) is 4.90 Å². The van der Waals surface area contributed by atoms with E-state index in [1.54, 1.807) is 0 Å². The van der Waals surface area contributed by atoms with Crippen LogP contribution < -0.4 is 0 Å². The van der Waals surface area contributed by atoms with Crippen molar-refractivity contribution in [3.63, 3.8) is 0 Å². The molecule has 0 saturated carbocycles. The second-order valence-electron chi connectivity index (χ2n) is 6.43. The minimum atomic E-state index is -0.264. The Morgan fingerprint density at radius 1 is 1.29 bits per heavy atom. The molecule has 21 heavy (non-hydrogen) atoms. The molecule has 1 atom stereocenters. The summed E-state index contributed by atoms with van der Waals surface area (Å²) in [5, 5.41) is 10.2. The lowest BCUT2D eigenvalue weighted by atomic mass is 10.1. The van der Waals surface area contributed by atoms with Crippen molar-refractivity contribution >= 4 is 0 Å². The van der Waals surface area contributed by atoms with E-state index in [0.29, 0.717) is 5.92 Å². The molecule has 1 rings (SSSR count). The molecule has 0 aromatic heterocycles. The fourth-order valence-corrected chi connectivity index (χ4v) is 2.44. The van der Waals surface area contributed by atoms with Crippen LogP contribution in [0.2, 0.25) is 0 Å². The summed E-state index contributed by atoms with van der Waals surface area (Å²) in [6, 6.07) is 8.64. The van der Waals surface area contributed by atoms with Gasteiger partial charge in [-0.1, -0.05) is 49.8 Å². The number of benzene rings is 1. The maximum absolute atomic E-state index is 10.2. The van der Waals surface area contributed by atoms with Crippen molar-refractivity contribution in [1.82, 2.24) is 4.90 Å². The average Bonchev–Trinajstić information content (AvgIpc) is 2.42.